The summed E-state index contributed by atoms with van der Waals surface area (Å²) < 4.78 is 5.27. The van der Waals surface area contributed by atoms with Crippen LogP contribution < -0.4 is 10.1 Å². The summed E-state index contributed by atoms with van der Waals surface area (Å²) in [5, 5.41) is 6.90. The van der Waals surface area contributed by atoms with Gasteiger partial charge >= 0.3 is 0 Å². The van der Waals surface area contributed by atoms with Gasteiger partial charge in [-0.05, 0) is 11.6 Å². The van der Waals surface area contributed by atoms with Gasteiger partial charge in [0, 0.05) is 18.5 Å². The maximum atomic E-state index is 12.2. The molecule has 5 heteroatoms. The standard InChI is InChI=1S/C18H18N2O3/c1-22-16-10-6-5-9-14(16)12-19-18(21)17-11-15(20-23-17)13-7-3-2-4-8-13/h2-10,17H,11-12H2,1H3,(H,19,21)/t17-/m1/s1. The highest BCUT2D eigenvalue weighted by molar-refractivity contribution is 6.04. The van der Waals surface area contributed by atoms with Crippen molar-refractivity contribution in [2.45, 2.75) is 19.1 Å². The third-order valence-electron chi connectivity index (χ3n) is 3.71. The SMILES string of the molecule is COc1ccccc1CNC(=O)[C@H]1CC(c2ccccc2)=NO1. The van der Waals surface area contributed by atoms with E-state index in [0.717, 1.165) is 22.6 Å². The Morgan fingerprint density at radius 3 is 2.74 bits per heavy atom. The maximum absolute atomic E-state index is 12.2. The number of nitrogens with one attached hydrogen (secondary N) is 1. The molecule has 3 rings (SSSR count). The van der Waals surface area contributed by atoms with Crippen LogP contribution in [-0.2, 0) is 16.2 Å². The maximum Gasteiger partial charge on any atom is 0.264 e. The Morgan fingerprint density at radius 2 is 1.96 bits per heavy atom. The van der Waals surface area contributed by atoms with Crippen LogP contribution in [0.1, 0.15) is 17.5 Å². The fourth-order valence-electron chi connectivity index (χ4n) is 2.46. The summed E-state index contributed by atoms with van der Waals surface area (Å²) in [7, 11) is 1.61. The van der Waals surface area contributed by atoms with Crippen molar-refractivity contribution in [1.82, 2.24) is 5.32 Å². The summed E-state index contributed by atoms with van der Waals surface area (Å²) in [6.45, 7) is 0.392. The molecule has 0 aromatic heterocycles. The molecule has 2 aromatic rings. The molecule has 1 atom stereocenters. The highest BCUT2D eigenvalue weighted by Gasteiger charge is 2.28. The van der Waals surface area contributed by atoms with Gasteiger partial charge in [0.2, 0.25) is 6.10 Å². The van der Waals surface area contributed by atoms with E-state index in [9.17, 15) is 4.79 Å². The van der Waals surface area contributed by atoms with Crippen molar-refractivity contribution in [3.63, 3.8) is 0 Å². The zero-order valence-electron chi connectivity index (χ0n) is 12.9. The van der Waals surface area contributed by atoms with Crippen LogP contribution in [0.4, 0.5) is 0 Å². The molecule has 1 amide bonds. The first-order valence-electron chi connectivity index (χ1n) is 7.45. The molecule has 0 aliphatic carbocycles. The number of ether oxygens (including phenoxy) is 1. The molecule has 2 aromatic carbocycles. The highest BCUT2D eigenvalue weighted by Crippen LogP contribution is 2.19. The monoisotopic (exact) mass is 310 g/mol. The van der Waals surface area contributed by atoms with E-state index in [0.29, 0.717) is 13.0 Å². The predicted octanol–water partition coefficient (Wildman–Crippen LogP) is 2.50. The first-order valence-corrected chi connectivity index (χ1v) is 7.45. The summed E-state index contributed by atoms with van der Waals surface area (Å²) in [5.41, 5.74) is 2.70. The zero-order valence-corrected chi connectivity index (χ0v) is 12.9. The van der Waals surface area contributed by atoms with Crippen LogP contribution in [0.5, 0.6) is 5.75 Å². The van der Waals surface area contributed by atoms with Crippen LogP contribution in [0, 0.1) is 0 Å². The summed E-state index contributed by atoms with van der Waals surface area (Å²) >= 11 is 0. The molecule has 0 saturated carbocycles. The Bertz CT molecular complexity index is 713. The van der Waals surface area contributed by atoms with E-state index in [-0.39, 0.29) is 5.91 Å². The van der Waals surface area contributed by atoms with E-state index >= 15 is 0 Å². The van der Waals surface area contributed by atoms with Crippen molar-refractivity contribution in [3.8, 4) is 5.75 Å². The van der Waals surface area contributed by atoms with E-state index in [1.807, 2.05) is 54.6 Å². The van der Waals surface area contributed by atoms with Gasteiger partial charge in [0.05, 0.1) is 12.8 Å². The third-order valence-corrected chi connectivity index (χ3v) is 3.71. The van der Waals surface area contributed by atoms with Gasteiger partial charge in [-0.3, -0.25) is 4.79 Å². The number of para-hydroxylation sites is 1. The fraction of sp³-hybridized carbons (Fsp3) is 0.222. The van der Waals surface area contributed by atoms with Crippen LogP contribution >= 0.6 is 0 Å². The molecule has 1 heterocycles. The molecule has 0 bridgehead atoms. The second kappa shape index (κ2) is 6.96. The molecule has 0 fully saturated rings. The van der Waals surface area contributed by atoms with Crippen molar-refractivity contribution >= 4 is 11.6 Å². The quantitative estimate of drug-likeness (QED) is 0.923. The minimum Gasteiger partial charge on any atom is -0.496 e. The molecule has 1 aliphatic heterocycles. The second-order valence-electron chi connectivity index (χ2n) is 5.23. The minimum absolute atomic E-state index is 0.175. The summed E-state index contributed by atoms with van der Waals surface area (Å²) in [5.74, 6) is 0.576. The van der Waals surface area contributed by atoms with Gasteiger partial charge in [0.25, 0.3) is 5.91 Å². The molecule has 1 N–H and O–H groups in total. The van der Waals surface area contributed by atoms with Gasteiger partial charge in [-0.25, -0.2) is 0 Å². The van der Waals surface area contributed by atoms with E-state index in [4.69, 9.17) is 9.57 Å². The normalized spacial score (nSPS) is 16.4. The summed E-state index contributed by atoms with van der Waals surface area (Å²) in [6, 6.07) is 17.3. The molecule has 0 unspecified atom stereocenters. The van der Waals surface area contributed by atoms with E-state index in [2.05, 4.69) is 10.5 Å². The van der Waals surface area contributed by atoms with Crippen molar-refractivity contribution in [2.24, 2.45) is 5.16 Å². The highest BCUT2D eigenvalue weighted by atomic mass is 16.6. The van der Waals surface area contributed by atoms with E-state index in [1.165, 1.54) is 0 Å². The smallest absolute Gasteiger partial charge is 0.264 e. The number of benzene rings is 2. The number of hydrogen-bond donors (Lipinski definition) is 1. The van der Waals surface area contributed by atoms with Crippen molar-refractivity contribution in [1.29, 1.82) is 0 Å². The minimum atomic E-state index is -0.583. The topological polar surface area (TPSA) is 59.9 Å². The second-order valence-corrected chi connectivity index (χ2v) is 5.23. The average Bonchev–Trinajstić information content (AvgIpc) is 3.11. The van der Waals surface area contributed by atoms with Crippen LogP contribution in [0.15, 0.2) is 59.8 Å². The summed E-state index contributed by atoms with van der Waals surface area (Å²) in [6.07, 6.45) is -0.109. The number of hydrogen-bond acceptors (Lipinski definition) is 4. The number of rotatable bonds is 5. The van der Waals surface area contributed by atoms with Gasteiger partial charge in [-0.1, -0.05) is 53.7 Å². The lowest BCUT2D eigenvalue weighted by Gasteiger charge is -2.11. The molecule has 0 saturated heterocycles. The number of nitrogens with zero attached hydrogens (tertiary/aromatic N) is 1. The van der Waals surface area contributed by atoms with Crippen LogP contribution in [-0.4, -0.2) is 24.8 Å². The Labute approximate surface area is 134 Å². The first kappa shape index (κ1) is 15.1. The summed E-state index contributed by atoms with van der Waals surface area (Å²) in [4.78, 5) is 17.5. The van der Waals surface area contributed by atoms with Gasteiger partial charge in [0.15, 0.2) is 0 Å². The van der Waals surface area contributed by atoms with E-state index in [1.54, 1.807) is 7.11 Å². The lowest BCUT2D eigenvalue weighted by molar-refractivity contribution is -0.131. The number of carbonyl (C=O) groups is 1. The molecule has 0 radical (unpaired) electrons. The Hall–Kier alpha value is -2.82. The first-order chi connectivity index (χ1) is 11.3. The van der Waals surface area contributed by atoms with Crippen LogP contribution in [0.25, 0.3) is 0 Å². The molecular weight excluding hydrogens is 292 g/mol. The van der Waals surface area contributed by atoms with Gasteiger partial charge < -0.3 is 14.9 Å². The Balaban J connectivity index is 1.56. The van der Waals surface area contributed by atoms with Crippen LogP contribution in [0.3, 0.4) is 0 Å². The molecule has 0 spiro atoms. The van der Waals surface area contributed by atoms with Gasteiger partial charge in [-0.2, -0.15) is 0 Å². The van der Waals surface area contributed by atoms with Crippen molar-refractivity contribution in [2.75, 3.05) is 7.11 Å². The van der Waals surface area contributed by atoms with Gasteiger partial charge in [-0.15, -0.1) is 0 Å². The lowest BCUT2D eigenvalue weighted by atomic mass is 10.0. The number of oxime groups is 1. The van der Waals surface area contributed by atoms with Crippen molar-refractivity contribution in [3.05, 3.63) is 65.7 Å². The molecule has 23 heavy (non-hydrogen) atoms. The molecule has 1 aliphatic rings. The largest absolute Gasteiger partial charge is 0.496 e. The van der Waals surface area contributed by atoms with Crippen molar-refractivity contribution < 1.29 is 14.4 Å². The number of amides is 1. The number of carbonyl (C=O) groups excluding carboxylic acids is 1. The predicted molar refractivity (Wildman–Crippen MR) is 87.3 cm³/mol. The molecule has 118 valence electrons. The van der Waals surface area contributed by atoms with Crippen LogP contribution in [0.2, 0.25) is 0 Å². The average molecular weight is 310 g/mol. The Kier molecular flexibility index (Phi) is 4.57. The third kappa shape index (κ3) is 3.51. The Morgan fingerprint density at radius 1 is 1.22 bits per heavy atom. The lowest BCUT2D eigenvalue weighted by Crippen LogP contribution is -2.34. The zero-order chi connectivity index (χ0) is 16.1. The molecule has 5 nitrogen and oxygen atoms in total. The number of methoxy groups -OCH3 is 1. The molecular formula is C18H18N2O3. The van der Waals surface area contributed by atoms with Gasteiger partial charge in [0.1, 0.15) is 5.75 Å². The fourth-order valence-corrected chi connectivity index (χ4v) is 2.46. The van der Waals surface area contributed by atoms with E-state index < -0.39 is 6.10 Å².